The van der Waals surface area contributed by atoms with Gasteiger partial charge in [0.25, 0.3) is 0 Å². The van der Waals surface area contributed by atoms with Crippen LogP contribution in [0, 0.1) is 0 Å². The lowest BCUT2D eigenvalue weighted by molar-refractivity contribution is 0.213. The first kappa shape index (κ1) is 12.8. The normalized spacial score (nSPS) is 11.0. The predicted molar refractivity (Wildman–Crippen MR) is 64.7 cm³/mol. The molecule has 6 nitrogen and oxygen atoms in total. The molecule has 2 amide bonds. The summed E-state index contributed by atoms with van der Waals surface area (Å²) in [6, 6.07) is 9.28. The van der Waals surface area contributed by atoms with Gasteiger partial charge in [-0.15, -0.1) is 0 Å². The van der Waals surface area contributed by atoms with Crippen LogP contribution in [0.25, 0.3) is 0 Å². The van der Waals surface area contributed by atoms with Gasteiger partial charge in [0.05, 0.1) is 6.54 Å². The van der Waals surface area contributed by atoms with Crippen molar-refractivity contribution in [3.05, 3.63) is 35.9 Å². The van der Waals surface area contributed by atoms with Crippen molar-refractivity contribution >= 4 is 11.9 Å². The first-order valence-electron chi connectivity index (χ1n) is 5.12. The minimum absolute atomic E-state index is 0.0117. The smallest absolute Gasteiger partial charge is 0.317 e. The number of carbonyl (C=O) groups excluding carboxylic acids is 1. The molecule has 1 rings (SSSR count). The summed E-state index contributed by atoms with van der Waals surface area (Å²) < 4.78 is 0. The number of benzene rings is 1. The molecule has 0 fully saturated rings. The van der Waals surface area contributed by atoms with Crippen molar-refractivity contribution in [2.45, 2.75) is 6.54 Å². The summed E-state index contributed by atoms with van der Waals surface area (Å²) >= 11 is 0. The van der Waals surface area contributed by atoms with Gasteiger partial charge in [0.15, 0.2) is 5.84 Å². The fourth-order valence-electron chi connectivity index (χ4n) is 1.25. The average molecular weight is 236 g/mol. The molecule has 0 spiro atoms. The molecular weight excluding hydrogens is 220 g/mol. The number of amides is 2. The first-order valence-corrected chi connectivity index (χ1v) is 5.12. The van der Waals surface area contributed by atoms with Crippen LogP contribution in [-0.4, -0.2) is 35.6 Å². The Morgan fingerprint density at radius 2 is 2.12 bits per heavy atom. The molecule has 0 saturated heterocycles. The molecule has 0 aliphatic rings. The Kier molecular flexibility index (Phi) is 4.80. The fourth-order valence-corrected chi connectivity index (χ4v) is 1.25. The van der Waals surface area contributed by atoms with Gasteiger partial charge in [-0.1, -0.05) is 35.5 Å². The third-order valence-corrected chi connectivity index (χ3v) is 2.16. The van der Waals surface area contributed by atoms with Crippen LogP contribution in [-0.2, 0) is 6.54 Å². The zero-order valence-corrected chi connectivity index (χ0v) is 9.63. The molecule has 17 heavy (non-hydrogen) atoms. The number of oxime groups is 1. The SMILES string of the molecule is CN(C/C(N)=N/O)C(=O)NCc1ccccc1. The Bertz CT molecular complexity index is 392. The number of carbonyl (C=O) groups is 1. The number of urea groups is 1. The average Bonchev–Trinajstić information content (AvgIpc) is 2.36. The zero-order chi connectivity index (χ0) is 12.7. The van der Waals surface area contributed by atoms with E-state index >= 15 is 0 Å². The van der Waals surface area contributed by atoms with Gasteiger partial charge in [0.1, 0.15) is 0 Å². The van der Waals surface area contributed by atoms with Crippen molar-refractivity contribution < 1.29 is 10.0 Å². The largest absolute Gasteiger partial charge is 0.409 e. The van der Waals surface area contributed by atoms with Crippen molar-refractivity contribution in [2.75, 3.05) is 13.6 Å². The van der Waals surface area contributed by atoms with Crippen molar-refractivity contribution in [3.8, 4) is 0 Å². The van der Waals surface area contributed by atoms with Gasteiger partial charge >= 0.3 is 6.03 Å². The van der Waals surface area contributed by atoms with Crippen LogP contribution < -0.4 is 11.1 Å². The number of nitrogens with zero attached hydrogens (tertiary/aromatic N) is 2. The highest BCUT2D eigenvalue weighted by Gasteiger charge is 2.09. The zero-order valence-electron chi connectivity index (χ0n) is 9.63. The van der Waals surface area contributed by atoms with Crippen molar-refractivity contribution in [3.63, 3.8) is 0 Å². The first-order chi connectivity index (χ1) is 8.13. The highest BCUT2D eigenvalue weighted by molar-refractivity contribution is 5.86. The van der Waals surface area contributed by atoms with Gasteiger partial charge in [-0.2, -0.15) is 0 Å². The van der Waals surface area contributed by atoms with Crippen molar-refractivity contribution in [1.29, 1.82) is 0 Å². The molecule has 0 atom stereocenters. The lowest BCUT2D eigenvalue weighted by Gasteiger charge is -2.16. The van der Waals surface area contributed by atoms with Gasteiger partial charge in [0, 0.05) is 13.6 Å². The monoisotopic (exact) mass is 236 g/mol. The maximum atomic E-state index is 11.6. The minimum Gasteiger partial charge on any atom is -0.409 e. The molecule has 0 unspecified atom stereocenters. The summed E-state index contributed by atoms with van der Waals surface area (Å²) in [6.45, 7) is 0.525. The predicted octanol–water partition coefficient (Wildman–Crippen LogP) is 0.574. The Hall–Kier alpha value is -2.24. The van der Waals surface area contributed by atoms with Crippen LogP contribution in [0.2, 0.25) is 0 Å². The quantitative estimate of drug-likeness (QED) is 0.309. The summed E-state index contributed by atoms with van der Waals surface area (Å²) in [7, 11) is 1.57. The number of nitrogens with one attached hydrogen (secondary N) is 1. The molecular formula is C11H16N4O2. The molecule has 0 heterocycles. The number of hydrogen-bond donors (Lipinski definition) is 3. The summed E-state index contributed by atoms with van der Waals surface area (Å²) in [6.07, 6.45) is 0. The van der Waals surface area contributed by atoms with Crippen molar-refractivity contribution in [1.82, 2.24) is 10.2 Å². The lowest BCUT2D eigenvalue weighted by Crippen LogP contribution is -2.41. The van der Waals surface area contributed by atoms with Crippen LogP contribution in [0.3, 0.4) is 0 Å². The number of likely N-dealkylation sites (N-methyl/N-ethyl adjacent to an activating group) is 1. The third-order valence-electron chi connectivity index (χ3n) is 2.16. The van der Waals surface area contributed by atoms with Gasteiger partial charge < -0.3 is 21.2 Å². The number of rotatable bonds is 4. The number of hydrogen-bond acceptors (Lipinski definition) is 3. The Morgan fingerprint density at radius 1 is 1.47 bits per heavy atom. The van der Waals surface area contributed by atoms with E-state index in [0.29, 0.717) is 6.54 Å². The van der Waals surface area contributed by atoms with E-state index in [2.05, 4.69) is 10.5 Å². The van der Waals surface area contributed by atoms with Gasteiger partial charge in [-0.3, -0.25) is 0 Å². The lowest BCUT2D eigenvalue weighted by atomic mass is 10.2. The van der Waals surface area contributed by atoms with E-state index in [1.54, 1.807) is 7.05 Å². The molecule has 0 aliphatic heterocycles. The summed E-state index contributed by atoms with van der Waals surface area (Å²) in [5.74, 6) is -0.0117. The fraction of sp³-hybridized carbons (Fsp3) is 0.273. The molecule has 92 valence electrons. The number of amidine groups is 1. The Morgan fingerprint density at radius 3 is 2.71 bits per heavy atom. The molecule has 6 heteroatoms. The molecule has 0 saturated carbocycles. The van der Waals surface area contributed by atoms with E-state index in [4.69, 9.17) is 10.9 Å². The van der Waals surface area contributed by atoms with Gasteiger partial charge in [-0.25, -0.2) is 4.79 Å². The molecule has 0 radical (unpaired) electrons. The van der Waals surface area contributed by atoms with Crippen LogP contribution in [0.5, 0.6) is 0 Å². The highest BCUT2D eigenvalue weighted by atomic mass is 16.4. The summed E-state index contributed by atoms with van der Waals surface area (Å²) in [5.41, 5.74) is 6.31. The van der Waals surface area contributed by atoms with Crippen LogP contribution >= 0.6 is 0 Å². The third kappa shape index (κ3) is 4.42. The number of nitrogens with two attached hydrogens (primary N) is 1. The van der Waals surface area contributed by atoms with E-state index in [9.17, 15) is 4.79 Å². The second-order valence-corrected chi connectivity index (χ2v) is 3.59. The van der Waals surface area contributed by atoms with E-state index in [-0.39, 0.29) is 18.4 Å². The molecule has 1 aromatic rings. The standard InChI is InChI=1S/C11H16N4O2/c1-15(8-10(12)14-17)11(16)13-7-9-5-3-2-4-6-9/h2-6,17H,7-8H2,1H3,(H2,12,14)(H,13,16). The highest BCUT2D eigenvalue weighted by Crippen LogP contribution is 1.97. The van der Waals surface area contributed by atoms with Gasteiger partial charge in [0.2, 0.25) is 0 Å². The van der Waals surface area contributed by atoms with Crippen LogP contribution in [0.15, 0.2) is 35.5 Å². The molecule has 0 aliphatic carbocycles. The molecule has 4 N–H and O–H groups in total. The maximum Gasteiger partial charge on any atom is 0.317 e. The van der Waals surface area contributed by atoms with Gasteiger partial charge in [-0.05, 0) is 5.56 Å². The van der Waals surface area contributed by atoms with E-state index in [0.717, 1.165) is 5.56 Å². The molecule has 0 bridgehead atoms. The topological polar surface area (TPSA) is 90.9 Å². The van der Waals surface area contributed by atoms with Crippen LogP contribution in [0.4, 0.5) is 4.79 Å². The van der Waals surface area contributed by atoms with Crippen LogP contribution in [0.1, 0.15) is 5.56 Å². The molecule has 1 aromatic carbocycles. The second-order valence-electron chi connectivity index (χ2n) is 3.59. The molecule has 0 aromatic heterocycles. The second kappa shape index (κ2) is 6.37. The minimum atomic E-state index is -0.277. The Balaban J connectivity index is 2.39. The Labute approximate surface area is 99.7 Å². The van der Waals surface area contributed by atoms with E-state index in [1.165, 1.54) is 4.90 Å². The maximum absolute atomic E-state index is 11.6. The van der Waals surface area contributed by atoms with E-state index in [1.807, 2.05) is 30.3 Å². The van der Waals surface area contributed by atoms with Crippen molar-refractivity contribution in [2.24, 2.45) is 10.9 Å². The summed E-state index contributed by atoms with van der Waals surface area (Å²) in [5, 5.41) is 13.9. The van der Waals surface area contributed by atoms with E-state index < -0.39 is 0 Å². The summed E-state index contributed by atoms with van der Waals surface area (Å²) in [4.78, 5) is 12.9.